The number of carbonyl (C=O) groups excluding carboxylic acids is 1. The van der Waals surface area contributed by atoms with E-state index >= 15 is 0 Å². The first-order valence-electron chi connectivity index (χ1n) is 7.98. The summed E-state index contributed by atoms with van der Waals surface area (Å²) in [7, 11) is 0.589. The number of rotatable bonds is 8. The number of likely N-dealkylation sites (N-methyl/N-ethyl adjacent to an activating group) is 1. The Labute approximate surface area is 163 Å². The molecule has 0 saturated heterocycles. The van der Waals surface area contributed by atoms with Gasteiger partial charge in [0.25, 0.3) is 0 Å². The summed E-state index contributed by atoms with van der Waals surface area (Å²) in [6, 6.07) is 11.1. The molecule has 0 aliphatic rings. The molecule has 0 aliphatic carbocycles. The number of sulfonamides is 1. The second-order valence-electron chi connectivity index (χ2n) is 5.64. The minimum Gasteiger partial charge on any atom is -0.493 e. The number of nitrogens with zero attached hydrogens (tertiary/aromatic N) is 1. The molecule has 0 unspecified atom stereocenters. The first-order valence-corrected chi connectivity index (χ1v) is 9.80. The number of hydrogen-bond acceptors (Lipinski definition) is 5. The third-order valence-electron chi connectivity index (χ3n) is 3.85. The summed E-state index contributed by atoms with van der Waals surface area (Å²) in [5.74, 6) is 0.619. The van der Waals surface area contributed by atoms with E-state index in [-0.39, 0.29) is 18.0 Å². The van der Waals surface area contributed by atoms with Gasteiger partial charge in [-0.25, -0.2) is 8.42 Å². The van der Waals surface area contributed by atoms with Crippen molar-refractivity contribution in [3.63, 3.8) is 0 Å². The normalized spacial score (nSPS) is 11.3. The van der Waals surface area contributed by atoms with Gasteiger partial charge in [-0.3, -0.25) is 4.79 Å². The van der Waals surface area contributed by atoms with Crippen LogP contribution in [0.4, 0.5) is 0 Å². The van der Waals surface area contributed by atoms with Gasteiger partial charge < -0.3 is 14.8 Å². The van der Waals surface area contributed by atoms with Gasteiger partial charge in [0.1, 0.15) is 0 Å². The summed E-state index contributed by atoms with van der Waals surface area (Å²) in [5.41, 5.74) is 0.716. The molecule has 2 aromatic rings. The lowest BCUT2D eigenvalue weighted by Gasteiger charge is -2.17. The number of methoxy groups -OCH3 is 2. The molecule has 0 aromatic heterocycles. The Kier molecular flexibility index (Phi) is 7.06. The van der Waals surface area contributed by atoms with Gasteiger partial charge in [-0.2, -0.15) is 4.31 Å². The maximum absolute atomic E-state index is 12.5. The smallest absolute Gasteiger partial charge is 0.243 e. The highest BCUT2D eigenvalue weighted by molar-refractivity contribution is 7.89. The number of nitrogens with one attached hydrogen (secondary N) is 1. The van der Waals surface area contributed by atoms with E-state index in [4.69, 9.17) is 21.1 Å². The molecule has 0 spiro atoms. The zero-order valence-corrected chi connectivity index (χ0v) is 16.8. The van der Waals surface area contributed by atoms with Crippen LogP contribution in [0.1, 0.15) is 5.56 Å². The molecule has 1 N–H and O–H groups in total. The maximum Gasteiger partial charge on any atom is 0.243 e. The van der Waals surface area contributed by atoms with Gasteiger partial charge in [-0.05, 0) is 30.3 Å². The molecule has 0 aliphatic heterocycles. The second-order valence-corrected chi connectivity index (χ2v) is 8.13. The predicted octanol–water partition coefficient (Wildman–Crippen LogP) is 2.29. The van der Waals surface area contributed by atoms with Crippen LogP contribution in [0.2, 0.25) is 5.02 Å². The first kappa shape index (κ1) is 21.0. The van der Waals surface area contributed by atoms with Crippen LogP contribution in [0.15, 0.2) is 47.4 Å². The van der Waals surface area contributed by atoms with Crippen molar-refractivity contribution in [2.45, 2.75) is 11.4 Å². The number of hydrogen-bond donors (Lipinski definition) is 1. The fourth-order valence-corrected chi connectivity index (χ4v) is 3.67. The summed E-state index contributed by atoms with van der Waals surface area (Å²) in [4.78, 5) is 12.3. The van der Waals surface area contributed by atoms with Gasteiger partial charge in [0.05, 0.1) is 25.7 Å². The molecule has 0 bridgehead atoms. The van der Waals surface area contributed by atoms with Crippen LogP contribution in [0, 0.1) is 0 Å². The highest BCUT2D eigenvalue weighted by Gasteiger charge is 2.23. The first-order chi connectivity index (χ1) is 12.8. The lowest BCUT2D eigenvalue weighted by Crippen LogP contribution is -2.38. The SMILES string of the molecule is COc1cccc(CNC(=O)CN(C)S(=O)(=O)c2ccc(Cl)cc2)c1OC. The van der Waals surface area contributed by atoms with Crippen LogP contribution in [0.25, 0.3) is 0 Å². The van der Waals surface area contributed by atoms with Crippen molar-refractivity contribution in [2.24, 2.45) is 0 Å². The summed E-state index contributed by atoms with van der Waals surface area (Å²) in [6.07, 6.45) is 0. The van der Waals surface area contributed by atoms with Gasteiger partial charge in [-0.1, -0.05) is 23.7 Å². The molecule has 0 atom stereocenters. The molecule has 2 aromatic carbocycles. The molecule has 2 rings (SSSR count). The van der Waals surface area contributed by atoms with Gasteiger partial charge in [0, 0.05) is 24.2 Å². The third-order valence-corrected chi connectivity index (χ3v) is 5.92. The van der Waals surface area contributed by atoms with Crippen LogP contribution < -0.4 is 14.8 Å². The van der Waals surface area contributed by atoms with Crippen molar-refractivity contribution in [1.29, 1.82) is 0 Å². The molecule has 9 heteroatoms. The second kappa shape index (κ2) is 9.07. The molecule has 27 heavy (non-hydrogen) atoms. The van der Waals surface area contributed by atoms with E-state index in [1.807, 2.05) is 0 Å². The van der Waals surface area contributed by atoms with Crippen molar-refractivity contribution in [3.8, 4) is 11.5 Å². The lowest BCUT2D eigenvalue weighted by molar-refractivity contribution is -0.121. The Balaban J connectivity index is 2.02. The van der Waals surface area contributed by atoms with Gasteiger partial charge in [0.15, 0.2) is 11.5 Å². The quantitative estimate of drug-likeness (QED) is 0.719. The molecule has 146 valence electrons. The molecular weight excluding hydrogens is 392 g/mol. The molecule has 7 nitrogen and oxygen atoms in total. The number of halogens is 1. The fraction of sp³-hybridized carbons (Fsp3) is 0.278. The van der Waals surface area contributed by atoms with Gasteiger partial charge in [0.2, 0.25) is 15.9 Å². The van der Waals surface area contributed by atoms with Crippen molar-refractivity contribution < 1.29 is 22.7 Å². The predicted molar refractivity (Wildman–Crippen MR) is 103 cm³/mol. The number of ether oxygens (including phenoxy) is 2. The monoisotopic (exact) mass is 412 g/mol. The largest absolute Gasteiger partial charge is 0.493 e. The Morgan fingerprint density at radius 3 is 2.37 bits per heavy atom. The topological polar surface area (TPSA) is 84.9 Å². The van der Waals surface area contributed by atoms with E-state index in [0.29, 0.717) is 22.1 Å². The average molecular weight is 413 g/mol. The molecule has 0 fully saturated rings. The Bertz CT molecular complexity index is 900. The minimum atomic E-state index is -3.79. The Hall–Kier alpha value is -2.29. The van der Waals surface area contributed by atoms with Gasteiger partial charge in [-0.15, -0.1) is 0 Å². The van der Waals surface area contributed by atoms with Crippen LogP contribution in [-0.4, -0.2) is 46.4 Å². The van der Waals surface area contributed by atoms with Crippen LogP contribution in [0.3, 0.4) is 0 Å². The zero-order chi connectivity index (χ0) is 20.0. The van der Waals surface area contributed by atoms with Crippen LogP contribution in [0.5, 0.6) is 11.5 Å². The number of para-hydroxylation sites is 1. The Morgan fingerprint density at radius 1 is 1.11 bits per heavy atom. The summed E-state index contributed by atoms with van der Waals surface area (Å²) < 4.78 is 36.5. The van der Waals surface area contributed by atoms with Crippen molar-refractivity contribution >= 4 is 27.5 Å². The van der Waals surface area contributed by atoms with Crippen molar-refractivity contribution in [1.82, 2.24) is 9.62 Å². The molecule has 0 heterocycles. The highest BCUT2D eigenvalue weighted by Crippen LogP contribution is 2.30. The number of amides is 1. The minimum absolute atomic E-state index is 0.0664. The van der Waals surface area contributed by atoms with E-state index in [1.165, 1.54) is 45.5 Å². The van der Waals surface area contributed by atoms with E-state index in [9.17, 15) is 13.2 Å². The van der Waals surface area contributed by atoms with E-state index in [2.05, 4.69) is 5.32 Å². The number of benzene rings is 2. The highest BCUT2D eigenvalue weighted by atomic mass is 35.5. The van der Waals surface area contributed by atoms with Crippen molar-refractivity contribution in [2.75, 3.05) is 27.8 Å². The fourth-order valence-electron chi connectivity index (χ4n) is 2.42. The number of carbonyl (C=O) groups is 1. The molecule has 1 amide bonds. The zero-order valence-electron chi connectivity index (χ0n) is 15.2. The summed E-state index contributed by atoms with van der Waals surface area (Å²) in [5, 5.41) is 3.12. The van der Waals surface area contributed by atoms with E-state index in [0.717, 1.165) is 4.31 Å². The van der Waals surface area contributed by atoms with Crippen molar-refractivity contribution in [3.05, 3.63) is 53.1 Å². The standard InChI is InChI=1S/C18H21ClN2O5S/c1-21(27(23,24)15-9-7-14(19)8-10-15)12-17(22)20-11-13-5-4-6-16(25-2)18(13)26-3/h4-10H,11-12H2,1-3H3,(H,20,22). The molecule has 0 radical (unpaired) electrons. The summed E-state index contributed by atoms with van der Waals surface area (Å²) in [6.45, 7) is -0.148. The Morgan fingerprint density at radius 2 is 1.78 bits per heavy atom. The van der Waals surface area contributed by atoms with Crippen LogP contribution >= 0.6 is 11.6 Å². The lowest BCUT2D eigenvalue weighted by atomic mass is 10.2. The van der Waals surface area contributed by atoms with Crippen LogP contribution in [-0.2, 0) is 21.4 Å². The van der Waals surface area contributed by atoms with Gasteiger partial charge >= 0.3 is 0 Å². The third kappa shape index (κ3) is 5.12. The molecule has 0 saturated carbocycles. The van der Waals surface area contributed by atoms with E-state index < -0.39 is 15.9 Å². The summed E-state index contributed by atoms with van der Waals surface area (Å²) >= 11 is 5.78. The molecular formula is C18H21ClN2O5S. The van der Waals surface area contributed by atoms with E-state index in [1.54, 1.807) is 18.2 Å². The maximum atomic E-state index is 12.5. The average Bonchev–Trinajstić information content (AvgIpc) is 2.66.